The first-order chi connectivity index (χ1) is 8.27. The molecule has 1 saturated heterocycles. The molecule has 96 valence electrons. The summed E-state index contributed by atoms with van der Waals surface area (Å²) in [6, 6.07) is 5.69. The maximum absolute atomic E-state index is 3.62. The summed E-state index contributed by atoms with van der Waals surface area (Å²) < 4.78 is 0. The third-order valence-electron chi connectivity index (χ3n) is 3.86. The molecule has 1 aliphatic rings. The summed E-state index contributed by atoms with van der Waals surface area (Å²) in [4.78, 5) is 3.95. The van der Waals surface area contributed by atoms with Gasteiger partial charge in [0.1, 0.15) is 0 Å². The first-order valence-corrected chi connectivity index (χ1v) is 7.62. The average Bonchev–Trinajstić information content (AvgIpc) is 2.90. The average molecular weight is 252 g/mol. The minimum absolute atomic E-state index is 0.554. The largest absolute Gasteiger partial charge is 0.314 e. The number of rotatable bonds is 5. The van der Waals surface area contributed by atoms with Gasteiger partial charge in [0.2, 0.25) is 0 Å². The van der Waals surface area contributed by atoms with Crippen molar-refractivity contribution < 1.29 is 0 Å². The normalized spacial score (nSPS) is 22.9. The minimum atomic E-state index is 0.554. The quantitative estimate of drug-likeness (QED) is 0.865. The van der Waals surface area contributed by atoms with E-state index in [0.29, 0.717) is 6.04 Å². The molecule has 3 heteroatoms. The van der Waals surface area contributed by atoms with Gasteiger partial charge in [-0.25, -0.2) is 0 Å². The highest BCUT2D eigenvalue weighted by Crippen LogP contribution is 2.23. The molecule has 1 aromatic heterocycles. The fourth-order valence-electron chi connectivity index (χ4n) is 2.47. The summed E-state index contributed by atoms with van der Waals surface area (Å²) in [5, 5.41) is 5.79. The van der Waals surface area contributed by atoms with Crippen molar-refractivity contribution in [3.63, 3.8) is 0 Å². The summed E-state index contributed by atoms with van der Waals surface area (Å²) in [6.07, 6.45) is 5.41. The molecule has 0 aromatic carbocycles. The molecule has 0 saturated carbocycles. The van der Waals surface area contributed by atoms with Crippen molar-refractivity contribution in [1.29, 1.82) is 0 Å². The van der Waals surface area contributed by atoms with E-state index in [4.69, 9.17) is 0 Å². The fourth-order valence-corrected chi connectivity index (χ4v) is 3.32. The Morgan fingerprint density at radius 2 is 2.41 bits per heavy atom. The smallest absolute Gasteiger partial charge is 0.0410 e. The van der Waals surface area contributed by atoms with Gasteiger partial charge in [-0.05, 0) is 57.8 Å². The third kappa shape index (κ3) is 3.80. The van der Waals surface area contributed by atoms with Gasteiger partial charge in [0.25, 0.3) is 0 Å². The maximum atomic E-state index is 3.62. The van der Waals surface area contributed by atoms with E-state index in [1.165, 1.54) is 43.6 Å². The van der Waals surface area contributed by atoms with Crippen LogP contribution < -0.4 is 5.32 Å². The van der Waals surface area contributed by atoms with Gasteiger partial charge in [-0.3, -0.25) is 4.90 Å². The SMILES string of the molecule is CC(c1cccs1)N(C)CCC1CCCCN1. The molecule has 1 N–H and O–H groups in total. The van der Waals surface area contributed by atoms with Crippen LogP contribution in [-0.4, -0.2) is 31.1 Å². The van der Waals surface area contributed by atoms with Crippen molar-refractivity contribution >= 4 is 11.3 Å². The van der Waals surface area contributed by atoms with Crippen molar-refractivity contribution in [3.05, 3.63) is 22.4 Å². The lowest BCUT2D eigenvalue weighted by Gasteiger charge is -2.28. The minimum Gasteiger partial charge on any atom is -0.314 e. The highest BCUT2D eigenvalue weighted by molar-refractivity contribution is 7.10. The monoisotopic (exact) mass is 252 g/mol. The van der Waals surface area contributed by atoms with Crippen molar-refractivity contribution in [2.24, 2.45) is 0 Å². The van der Waals surface area contributed by atoms with Gasteiger partial charge in [0, 0.05) is 17.0 Å². The second-order valence-corrected chi connectivity index (χ2v) is 6.09. The second-order valence-electron chi connectivity index (χ2n) is 5.11. The molecule has 0 aliphatic carbocycles. The van der Waals surface area contributed by atoms with E-state index in [1.54, 1.807) is 0 Å². The zero-order chi connectivity index (χ0) is 12.1. The van der Waals surface area contributed by atoms with Crippen LogP contribution in [0, 0.1) is 0 Å². The van der Waals surface area contributed by atoms with Crippen molar-refractivity contribution in [1.82, 2.24) is 10.2 Å². The zero-order valence-corrected chi connectivity index (χ0v) is 11.8. The molecule has 1 aliphatic heterocycles. The van der Waals surface area contributed by atoms with Crippen LogP contribution in [0.15, 0.2) is 17.5 Å². The topological polar surface area (TPSA) is 15.3 Å². The number of nitrogens with zero attached hydrogens (tertiary/aromatic N) is 1. The molecule has 1 fully saturated rings. The van der Waals surface area contributed by atoms with Crippen molar-refractivity contribution in [2.75, 3.05) is 20.1 Å². The van der Waals surface area contributed by atoms with Crippen molar-refractivity contribution in [2.45, 2.75) is 44.7 Å². The number of thiophene rings is 1. The Balaban J connectivity index is 1.74. The van der Waals surface area contributed by atoms with Gasteiger partial charge in [-0.2, -0.15) is 0 Å². The highest BCUT2D eigenvalue weighted by Gasteiger charge is 2.16. The van der Waals surface area contributed by atoms with Crippen LogP contribution in [0.2, 0.25) is 0 Å². The highest BCUT2D eigenvalue weighted by atomic mass is 32.1. The van der Waals surface area contributed by atoms with Crippen LogP contribution in [0.5, 0.6) is 0 Å². The van der Waals surface area contributed by atoms with Gasteiger partial charge in [0.15, 0.2) is 0 Å². The van der Waals surface area contributed by atoms with Gasteiger partial charge in [0.05, 0.1) is 0 Å². The van der Waals surface area contributed by atoms with Gasteiger partial charge >= 0.3 is 0 Å². The van der Waals surface area contributed by atoms with E-state index in [-0.39, 0.29) is 0 Å². The van der Waals surface area contributed by atoms with Gasteiger partial charge < -0.3 is 5.32 Å². The van der Waals surface area contributed by atoms with Crippen LogP contribution in [0.3, 0.4) is 0 Å². The summed E-state index contributed by atoms with van der Waals surface area (Å²) in [7, 11) is 2.24. The molecule has 0 radical (unpaired) electrons. The van der Waals surface area contributed by atoms with E-state index < -0.39 is 0 Å². The summed E-state index contributed by atoms with van der Waals surface area (Å²) in [5.74, 6) is 0. The zero-order valence-electron chi connectivity index (χ0n) is 11.0. The van der Waals surface area contributed by atoms with E-state index >= 15 is 0 Å². The van der Waals surface area contributed by atoms with Crippen LogP contribution in [0.1, 0.15) is 43.5 Å². The summed E-state index contributed by atoms with van der Waals surface area (Å²) in [6.45, 7) is 4.71. The second kappa shape index (κ2) is 6.53. The van der Waals surface area contributed by atoms with E-state index in [0.717, 1.165) is 6.04 Å². The van der Waals surface area contributed by atoms with Crippen LogP contribution in [0.4, 0.5) is 0 Å². The predicted octanol–water partition coefficient (Wildman–Crippen LogP) is 3.27. The Labute approximate surface area is 109 Å². The molecule has 2 unspecified atom stereocenters. The lowest BCUT2D eigenvalue weighted by molar-refractivity contribution is 0.239. The van der Waals surface area contributed by atoms with Gasteiger partial charge in [-0.15, -0.1) is 11.3 Å². The Kier molecular flexibility index (Phi) is 5.01. The van der Waals surface area contributed by atoms with E-state index in [1.807, 2.05) is 11.3 Å². The lowest BCUT2D eigenvalue weighted by atomic mass is 10.0. The van der Waals surface area contributed by atoms with E-state index in [9.17, 15) is 0 Å². The van der Waals surface area contributed by atoms with Crippen molar-refractivity contribution in [3.8, 4) is 0 Å². The molecule has 2 nitrogen and oxygen atoms in total. The molecule has 0 bridgehead atoms. The number of nitrogens with one attached hydrogen (secondary N) is 1. The van der Waals surface area contributed by atoms with Crippen LogP contribution in [-0.2, 0) is 0 Å². The fraction of sp³-hybridized carbons (Fsp3) is 0.714. The first-order valence-electron chi connectivity index (χ1n) is 6.74. The maximum Gasteiger partial charge on any atom is 0.0410 e. The molecule has 0 spiro atoms. The van der Waals surface area contributed by atoms with Crippen LogP contribution >= 0.6 is 11.3 Å². The Morgan fingerprint density at radius 1 is 1.53 bits per heavy atom. The van der Waals surface area contributed by atoms with Gasteiger partial charge in [-0.1, -0.05) is 12.5 Å². The number of hydrogen-bond acceptors (Lipinski definition) is 3. The number of piperidine rings is 1. The molecule has 2 atom stereocenters. The summed E-state index contributed by atoms with van der Waals surface area (Å²) in [5.41, 5.74) is 0. The standard InChI is InChI=1S/C14H24N2S/c1-12(14-7-5-11-17-14)16(2)10-8-13-6-3-4-9-15-13/h5,7,11-13,15H,3-4,6,8-10H2,1-2H3. The first kappa shape index (κ1) is 13.1. The molecule has 17 heavy (non-hydrogen) atoms. The van der Waals surface area contributed by atoms with E-state index in [2.05, 4.69) is 41.7 Å². The Hall–Kier alpha value is -0.380. The Bertz CT molecular complexity index is 304. The van der Waals surface area contributed by atoms with Crippen LogP contribution in [0.25, 0.3) is 0 Å². The Morgan fingerprint density at radius 3 is 3.06 bits per heavy atom. The summed E-state index contributed by atoms with van der Waals surface area (Å²) >= 11 is 1.86. The molecule has 0 amide bonds. The predicted molar refractivity (Wildman–Crippen MR) is 75.6 cm³/mol. The molecular formula is C14H24N2S. The molecular weight excluding hydrogens is 228 g/mol. The lowest BCUT2D eigenvalue weighted by Crippen LogP contribution is -2.37. The third-order valence-corrected chi connectivity index (χ3v) is 4.90. The molecule has 2 rings (SSSR count). The molecule has 2 heterocycles. The number of hydrogen-bond donors (Lipinski definition) is 1. The molecule has 1 aromatic rings.